The summed E-state index contributed by atoms with van der Waals surface area (Å²) in [6, 6.07) is 2.95. The molecule has 7 heteroatoms. The Hall–Kier alpha value is -1.50. The number of likely N-dealkylation sites (N-methyl/N-ethyl adjacent to an activating group) is 1. The lowest BCUT2D eigenvalue weighted by molar-refractivity contribution is 0.0697. The molecule has 0 spiro atoms. The Morgan fingerprint density at radius 1 is 1.52 bits per heavy atom. The zero-order valence-electron chi connectivity index (χ0n) is 12.1. The smallest absolute Gasteiger partial charge is 0.337 e. The van der Waals surface area contributed by atoms with Gasteiger partial charge < -0.3 is 25.7 Å². The molecule has 1 aliphatic rings. The van der Waals surface area contributed by atoms with Gasteiger partial charge in [-0.2, -0.15) is 0 Å². The van der Waals surface area contributed by atoms with E-state index in [1.54, 1.807) is 6.07 Å². The summed E-state index contributed by atoms with van der Waals surface area (Å²) in [5.74, 6) is -1.08. The minimum atomic E-state index is -1.08. The van der Waals surface area contributed by atoms with Gasteiger partial charge in [-0.3, -0.25) is 0 Å². The Morgan fingerprint density at radius 2 is 2.19 bits per heavy atom. The number of carboxylic acids is 1. The summed E-state index contributed by atoms with van der Waals surface area (Å²) < 4.78 is 0. The van der Waals surface area contributed by atoms with Crippen molar-refractivity contribution in [3.63, 3.8) is 0 Å². The topological polar surface area (TPSA) is 90.0 Å². The maximum atomic E-state index is 11.5. The van der Waals surface area contributed by atoms with Crippen LogP contribution in [0.2, 0.25) is 5.02 Å². The SMILES string of the molecule is CN(C)CC1CC(O)CN1c1c(Cl)cc(N)cc1C(=O)O. The molecule has 0 radical (unpaired) electrons. The summed E-state index contributed by atoms with van der Waals surface area (Å²) in [5.41, 5.74) is 6.49. The monoisotopic (exact) mass is 313 g/mol. The number of nitrogens with two attached hydrogens (primary N) is 1. The van der Waals surface area contributed by atoms with Crippen molar-refractivity contribution in [2.45, 2.75) is 18.6 Å². The Kier molecular flexibility index (Phi) is 4.61. The third kappa shape index (κ3) is 3.40. The van der Waals surface area contributed by atoms with Gasteiger partial charge in [0.25, 0.3) is 0 Å². The summed E-state index contributed by atoms with van der Waals surface area (Å²) in [7, 11) is 3.87. The van der Waals surface area contributed by atoms with Crippen molar-refractivity contribution >= 4 is 28.9 Å². The molecule has 2 unspecified atom stereocenters. The zero-order chi connectivity index (χ0) is 15.7. The average molecular weight is 314 g/mol. The van der Waals surface area contributed by atoms with E-state index in [2.05, 4.69) is 0 Å². The maximum Gasteiger partial charge on any atom is 0.337 e. The van der Waals surface area contributed by atoms with E-state index in [-0.39, 0.29) is 11.6 Å². The fourth-order valence-electron chi connectivity index (χ4n) is 2.84. The van der Waals surface area contributed by atoms with Gasteiger partial charge >= 0.3 is 5.97 Å². The van der Waals surface area contributed by atoms with Crippen molar-refractivity contribution in [3.05, 3.63) is 22.7 Å². The lowest BCUT2D eigenvalue weighted by Crippen LogP contribution is -2.38. The fourth-order valence-corrected chi connectivity index (χ4v) is 3.17. The van der Waals surface area contributed by atoms with E-state index < -0.39 is 12.1 Å². The number of β-amino-alcohol motifs (C(OH)–C–C–N with tert-alkyl or cyclic N) is 1. The fraction of sp³-hybridized carbons (Fsp3) is 0.500. The van der Waals surface area contributed by atoms with E-state index in [9.17, 15) is 15.0 Å². The van der Waals surface area contributed by atoms with E-state index in [0.717, 1.165) is 0 Å². The molecule has 0 bridgehead atoms. The molecular formula is C14H20ClN3O3. The number of rotatable bonds is 4. The molecule has 1 aromatic rings. The van der Waals surface area contributed by atoms with Gasteiger partial charge in [-0.25, -0.2) is 4.79 Å². The van der Waals surface area contributed by atoms with Gasteiger partial charge in [-0.1, -0.05) is 11.6 Å². The number of nitrogen functional groups attached to an aromatic ring is 1. The van der Waals surface area contributed by atoms with Crippen molar-refractivity contribution in [1.29, 1.82) is 0 Å². The maximum absolute atomic E-state index is 11.5. The van der Waals surface area contributed by atoms with Crippen molar-refractivity contribution in [2.75, 3.05) is 37.8 Å². The van der Waals surface area contributed by atoms with Crippen LogP contribution >= 0.6 is 11.6 Å². The number of halogens is 1. The van der Waals surface area contributed by atoms with Crippen molar-refractivity contribution < 1.29 is 15.0 Å². The second-order valence-electron chi connectivity index (χ2n) is 5.66. The van der Waals surface area contributed by atoms with Gasteiger partial charge in [0.05, 0.1) is 22.4 Å². The molecule has 1 aliphatic heterocycles. The molecule has 0 aromatic heterocycles. The number of benzene rings is 1. The molecule has 1 heterocycles. The van der Waals surface area contributed by atoms with Crippen LogP contribution < -0.4 is 10.6 Å². The van der Waals surface area contributed by atoms with Crippen LogP contribution in [0.15, 0.2) is 12.1 Å². The molecule has 2 rings (SSSR count). The highest BCUT2D eigenvalue weighted by Gasteiger charge is 2.34. The van der Waals surface area contributed by atoms with Gasteiger partial charge in [0, 0.05) is 24.8 Å². The average Bonchev–Trinajstić information content (AvgIpc) is 2.67. The Balaban J connectivity index is 2.46. The van der Waals surface area contributed by atoms with Gasteiger partial charge in [0.15, 0.2) is 0 Å². The van der Waals surface area contributed by atoms with Gasteiger partial charge in [-0.15, -0.1) is 0 Å². The molecule has 6 nitrogen and oxygen atoms in total. The second-order valence-corrected chi connectivity index (χ2v) is 6.07. The quantitative estimate of drug-likeness (QED) is 0.722. The van der Waals surface area contributed by atoms with Crippen molar-refractivity contribution in [2.24, 2.45) is 0 Å². The number of hydrogen-bond acceptors (Lipinski definition) is 5. The number of nitrogens with zero attached hydrogens (tertiary/aromatic N) is 2. The summed E-state index contributed by atoms with van der Waals surface area (Å²) in [5, 5.41) is 19.6. The normalized spacial score (nSPS) is 22.0. The first-order valence-corrected chi connectivity index (χ1v) is 7.09. The van der Waals surface area contributed by atoms with Gasteiger partial charge in [0.2, 0.25) is 0 Å². The standard InChI is InChI=1S/C14H20ClN3O3/c1-17(2)6-9-5-10(19)7-18(9)13-11(14(20)21)3-8(16)4-12(13)15/h3-4,9-10,19H,5-7,16H2,1-2H3,(H,20,21). The molecule has 0 aliphatic carbocycles. The first-order chi connectivity index (χ1) is 9.79. The molecule has 0 saturated carbocycles. The highest BCUT2D eigenvalue weighted by molar-refractivity contribution is 6.34. The Labute approximate surface area is 128 Å². The van der Waals surface area contributed by atoms with E-state index in [1.165, 1.54) is 6.07 Å². The minimum absolute atomic E-state index is 0.00854. The number of aliphatic hydroxyl groups is 1. The van der Waals surface area contributed by atoms with Crippen LogP contribution in [0.1, 0.15) is 16.8 Å². The summed E-state index contributed by atoms with van der Waals surface area (Å²) in [6.07, 6.45) is 0.0861. The number of carbonyl (C=O) groups is 1. The van der Waals surface area contributed by atoms with E-state index in [1.807, 2.05) is 23.9 Å². The summed E-state index contributed by atoms with van der Waals surface area (Å²) in [6.45, 7) is 1.07. The van der Waals surface area contributed by atoms with Gasteiger partial charge in [0.1, 0.15) is 0 Å². The minimum Gasteiger partial charge on any atom is -0.478 e. The molecule has 116 valence electrons. The molecule has 21 heavy (non-hydrogen) atoms. The highest BCUT2D eigenvalue weighted by Crippen LogP contribution is 2.37. The van der Waals surface area contributed by atoms with Gasteiger partial charge in [-0.05, 0) is 32.6 Å². The van der Waals surface area contributed by atoms with Crippen LogP contribution in [0.3, 0.4) is 0 Å². The second kappa shape index (κ2) is 6.09. The molecule has 4 N–H and O–H groups in total. The summed E-state index contributed by atoms with van der Waals surface area (Å²) >= 11 is 6.23. The Morgan fingerprint density at radius 3 is 2.76 bits per heavy atom. The molecule has 1 saturated heterocycles. The largest absolute Gasteiger partial charge is 0.478 e. The van der Waals surface area contributed by atoms with Crippen molar-refractivity contribution in [3.8, 4) is 0 Å². The van der Waals surface area contributed by atoms with Crippen LogP contribution in [0.5, 0.6) is 0 Å². The van der Waals surface area contributed by atoms with Crippen LogP contribution in [-0.2, 0) is 0 Å². The molecule has 2 atom stereocenters. The highest BCUT2D eigenvalue weighted by atomic mass is 35.5. The first-order valence-electron chi connectivity index (χ1n) is 6.71. The number of hydrogen-bond donors (Lipinski definition) is 3. The van der Waals surface area contributed by atoms with E-state index >= 15 is 0 Å². The van der Waals surface area contributed by atoms with Crippen molar-refractivity contribution in [1.82, 2.24) is 4.90 Å². The van der Waals surface area contributed by atoms with E-state index in [4.69, 9.17) is 17.3 Å². The molecule has 1 aromatic carbocycles. The number of aliphatic hydroxyl groups excluding tert-OH is 1. The predicted octanol–water partition coefficient (Wildman–Crippen LogP) is 1.12. The van der Waals surface area contributed by atoms with Crippen LogP contribution in [0, 0.1) is 0 Å². The van der Waals surface area contributed by atoms with E-state index in [0.29, 0.717) is 35.9 Å². The summed E-state index contributed by atoms with van der Waals surface area (Å²) in [4.78, 5) is 15.4. The lowest BCUT2D eigenvalue weighted by atomic mass is 10.1. The first kappa shape index (κ1) is 15.9. The molecule has 0 amide bonds. The Bertz CT molecular complexity index is 551. The molecular weight excluding hydrogens is 294 g/mol. The predicted molar refractivity (Wildman–Crippen MR) is 83.1 cm³/mol. The molecule has 1 fully saturated rings. The number of aromatic carboxylic acids is 1. The van der Waals surface area contributed by atoms with Crippen LogP contribution in [-0.4, -0.2) is 60.4 Å². The lowest BCUT2D eigenvalue weighted by Gasteiger charge is -2.30. The third-order valence-corrected chi connectivity index (χ3v) is 3.86. The third-order valence-electron chi connectivity index (χ3n) is 3.57. The van der Waals surface area contributed by atoms with Crippen LogP contribution in [0.25, 0.3) is 0 Å². The number of anilines is 2. The zero-order valence-corrected chi connectivity index (χ0v) is 12.8. The van der Waals surface area contributed by atoms with Crippen LogP contribution in [0.4, 0.5) is 11.4 Å². The number of carboxylic acid groups (broad SMARTS) is 1.